The van der Waals surface area contributed by atoms with Gasteiger partial charge in [-0.2, -0.15) is 0 Å². The number of ether oxygens (including phenoxy) is 2. The average Bonchev–Trinajstić information content (AvgIpc) is 2.82. The first-order chi connectivity index (χ1) is 15.1. The summed E-state index contributed by atoms with van der Waals surface area (Å²) in [5.74, 6) is 0.0360. The standard InChI is InChI=1S/C27H22O4/c1-19-9-15-23(16-10-19)30-17-20-11-13-22(14-12-20)27(29)31-18-26(28)25-8-4-6-21-5-2-3-7-24(21)25/h2-16H,17-18H2,1H3. The predicted molar refractivity (Wildman–Crippen MR) is 121 cm³/mol. The molecule has 0 heterocycles. The van der Waals surface area contributed by atoms with Crippen molar-refractivity contribution in [2.75, 3.05) is 6.61 Å². The Hall–Kier alpha value is -3.92. The summed E-state index contributed by atoms with van der Waals surface area (Å²) in [6, 6.07) is 28.0. The fourth-order valence-electron chi connectivity index (χ4n) is 3.30. The Morgan fingerprint density at radius 3 is 2.26 bits per heavy atom. The molecule has 4 aromatic carbocycles. The van der Waals surface area contributed by atoms with Crippen LogP contribution in [0.4, 0.5) is 0 Å². The van der Waals surface area contributed by atoms with Crippen LogP contribution >= 0.6 is 0 Å². The maximum absolute atomic E-state index is 12.6. The van der Waals surface area contributed by atoms with Crippen LogP contribution in [0, 0.1) is 6.92 Å². The Labute approximate surface area is 181 Å². The van der Waals surface area contributed by atoms with Crippen molar-refractivity contribution in [3.05, 3.63) is 113 Å². The van der Waals surface area contributed by atoms with Crippen molar-refractivity contribution in [3.63, 3.8) is 0 Å². The van der Waals surface area contributed by atoms with E-state index in [2.05, 4.69) is 0 Å². The van der Waals surface area contributed by atoms with Gasteiger partial charge in [0.05, 0.1) is 5.56 Å². The number of ketones is 1. The Bertz CT molecular complexity index is 1200. The third-order valence-electron chi connectivity index (χ3n) is 5.04. The van der Waals surface area contributed by atoms with Crippen molar-refractivity contribution >= 4 is 22.5 Å². The van der Waals surface area contributed by atoms with Crippen molar-refractivity contribution in [2.24, 2.45) is 0 Å². The number of Topliss-reactive ketones (excluding diaryl/α,β-unsaturated/α-hetero) is 1. The van der Waals surface area contributed by atoms with Gasteiger partial charge in [0, 0.05) is 5.56 Å². The number of carbonyl (C=O) groups excluding carboxylic acids is 2. The first-order valence-corrected chi connectivity index (χ1v) is 10.1. The van der Waals surface area contributed by atoms with Crippen molar-refractivity contribution < 1.29 is 19.1 Å². The maximum atomic E-state index is 12.6. The van der Waals surface area contributed by atoms with E-state index < -0.39 is 5.97 Å². The molecule has 0 aliphatic heterocycles. The van der Waals surface area contributed by atoms with Crippen LogP contribution in [0.3, 0.4) is 0 Å². The molecule has 0 amide bonds. The lowest BCUT2D eigenvalue weighted by atomic mass is 10.0. The molecule has 0 saturated heterocycles. The van der Waals surface area contributed by atoms with E-state index in [0.29, 0.717) is 17.7 Å². The third-order valence-corrected chi connectivity index (χ3v) is 5.04. The third kappa shape index (κ3) is 4.98. The fraction of sp³-hybridized carbons (Fsp3) is 0.111. The summed E-state index contributed by atoms with van der Waals surface area (Å²) < 4.78 is 11.0. The summed E-state index contributed by atoms with van der Waals surface area (Å²) in [6.07, 6.45) is 0. The second-order valence-electron chi connectivity index (χ2n) is 7.32. The SMILES string of the molecule is Cc1ccc(OCc2ccc(C(=O)OCC(=O)c3cccc4ccccc34)cc2)cc1. The molecule has 0 unspecified atom stereocenters. The minimum atomic E-state index is -0.528. The highest BCUT2D eigenvalue weighted by atomic mass is 16.5. The van der Waals surface area contributed by atoms with Crippen molar-refractivity contribution in [2.45, 2.75) is 13.5 Å². The van der Waals surface area contributed by atoms with Crippen LogP contribution in [0.5, 0.6) is 5.75 Å². The van der Waals surface area contributed by atoms with Gasteiger partial charge in [-0.05, 0) is 47.5 Å². The zero-order valence-corrected chi connectivity index (χ0v) is 17.2. The molecule has 4 rings (SSSR count). The van der Waals surface area contributed by atoms with Crippen molar-refractivity contribution in [1.29, 1.82) is 0 Å². The molecule has 0 saturated carbocycles. The van der Waals surface area contributed by atoms with Gasteiger partial charge in [0.1, 0.15) is 12.4 Å². The summed E-state index contributed by atoms with van der Waals surface area (Å²) in [5.41, 5.74) is 3.05. The molecule has 0 atom stereocenters. The van der Waals surface area contributed by atoms with Gasteiger partial charge < -0.3 is 9.47 Å². The monoisotopic (exact) mass is 410 g/mol. The molecule has 0 bridgehead atoms. The van der Waals surface area contributed by atoms with E-state index in [0.717, 1.165) is 22.1 Å². The Morgan fingerprint density at radius 2 is 1.48 bits per heavy atom. The zero-order valence-electron chi connectivity index (χ0n) is 17.2. The second-order valence-corrected chi connectivity index (χ2v) is 7.32. The van der Waals surface area contributed by atoms with Gasteiger partial charge in [0.2, 0.25) is 5.78 Å². The second kappa shape index (κ2) is 9.26. The highest BCUT2D eigenvalue weighted by molar-refractivity contribution is 6.09. The number of carbonyl (C=O) groups is 2. The van der Waals surface area contributed by atoms with Crippen molar-refractivity contribution in [1.82, 2.24) is 0 Å². The summed E-state index contributed by atoms with van der Waals surface area (Å²) in [4.78, 5) is 25.0. The molecule has 4 heteroatoms. The highest BCUT2D eigenvalue weighted by Crippen LogP contribution is 2.19. The zero-order chi connectivity index (χ0) is 21.6. The van der Waals surface area contributed by atoms with Crippen LogP contribution in [-0.2, 0) is 11.3 Å². The molecule has 4 aromatic rings. The Balaban J connectivity index is 1.34. The molecule has 4 nitrogen and oxygen atoms in total. The minimum absolute atomic E-state index is 0.228. The van der Waals surface area contributed by atoms with E-state index in [4.69, 9.17) is 9.47 Å². The maximum Gasteiger partial charge on any atom is 0.338 e. The topological polar surface area (TPSA) is 52.6 Å². The highest BCUT2D eigenvalue weighted by Gasteiger charge is 2.14. The van der Waals surface area contributed by atoms with Gasteiger partial charge in [-0.1, -0.05) is 72.3 Å². The Kier molecular flexibility index (Phi) is 6.08. The Morgan fingerprint density at radius 1 is 0.774 bits per heavy atom. The quantitative estimate of drug-likeness (QED) is 0.287. The molecular weight excluding hydrogens is 388 g/mol. The fourth-order valence-corrected chi connectivity index (χ4v) is 3.30. The molecule has 0 N–H and O–H groups in total. The lowest BCUT2D eigenvalue weighted by molar-refractivity contribution is 0.0475. The molecule has 0 fully saturated rings. The van der Waals surface area contributed by atoms with Gasteiger partial charge in [-0.3, -0.25) is 4.79 Å². The number of fused-ring (bicyclic) bond motifs is 1. The largest absolute Gasteiger partial charge is 0.489 e. The van der Waals surface area contributed by atoms with Gasteiger partial charge in [0.15, 0.2) is 6.61 Å². The molecule has 0 radical (unpaired) electrons. The first-order valence-electron chi connectivity index (χ1n) is 10.1. The van der Waals surface area contributed by atoms with Gasteiger partial charge in [-0.25, -0.2) is 4.79 Å². The van der Waals surface area contributed by atoms with Crippen LogP contribution in [0.25, 0.3) is 10.8 Å². The van der Waals surface area contributed by atoms with E-state index in [1.807, 2.05) is 79.7 Å². The van der Waals surface area contributed by atoms with Gasteiger partial charge >= 0.3 is 5.97 Å². The van der Waals surface area contributed by atoms with Crippen LogP contribution in [0.1, 0.15) is 31.8 Å². The number of hydrogen-bond acceptors (Lipinski definition) is 4. The molecule has 0 aliphatic rings. The van der Waals surface area contributed by atoms with E-state index >= 15 is 0 Å². The van der Waals surface area contributed by atoms with Crippen LogP contribution < -0.4 is 4.74 Å². The lowest BCUT2D eigenvalue weighted by Crippen LogP contribution is -2.14. The number of esters is 1. The molecule has 0 aromatic heterocycles. The molecule has 0 spiro atoms. The van der Waals surface area contributed by atoms with E-state index in [1.54, 1.807) is 18.2 Å². The average molecular weight is 410 g/mol. The normalized spacial score (nSPS) is 10.6. The lowest BCUT2D eigenvalue weighted by Gasteiger charge is -2.09. The van der Waals surface area contributed by atoms with E-state index in [9.17, 15) is 9.59 Å². The van der Waals surface area contributed by atoms with Gasteiger partial charge in [-0.15, -0.1) is 0 Å². The number of benzene rings is 4. The molecule has 0 aliphatic carbocycles. The number of rotatable bonds is 7. The van der Waals surface area contributed by atoms with Crippen LogP contribution in [-0.4, -0.2) is 18.4 Å². The van der Waals surface area contributed by atoms with Crippen molar-refractivity contribution in [3.8, 4) is 5.75 Å². The van der Waals surface area contributed by atoms with E-state index in [1.165, 1.54) is 5.56 Å². The number of aryl methyl sites for hydroxylation is 1. The summed E-state index contributed by atoms with van der Waals surface area (Å²) >= 11 is 0. The first kappa shape index (κ1) is 20.4. The molecular formula is C27H22O4. The summed E-state index contributed by atoms with van der Waals surface area (Å²) in [5, 5.41) is 1.83. The smallest absolute Gasteiger partial charge is 0.338 e. The predicted octanol–water partition coefficient (Wildman–Crippen LogP) is 5.77. The number of hydrogen-bond donors (Lipinski definition) is 0. The van der Waals surface area contributed by atoms with Crippen LogP contribution in [0.15, 0.2) is 91.0 Å². The van der Waals surface area contributed by atoms with Crippen LogP contribution in [0.2, 0.25) is 0 Å². The summed E-state index contributed by atoms with van der Waals surface area (Å²) in [6.45, 7) is 2.13. The summed E-state index contributed by atoms with van der Waals surface area (Å²) in [7, 11) is 0. The van der Waals surface area contributed by atoms with Gasteiger partial charge in [0.25, 0.3) is 0 Å². The van der Waals surface area contributed by atoms with E-state index in [-0.39, 0.29) is 12.4 Å². The molecule has 31 heavy (non-hydrogen) atoms. The minimum Gasteiger partial charge on any atom is -0.489 e. The molecule has 154 valence electrons.